The lowest BCUT2D eigenvalue weighted by Crippen LogP contribution is -2.41. The van der Waals surface area contributed by atoms with Gasteiger partial charge in [0.25, 0.3) is 0 Å². The maximum Gasteiger partial charge on any atom is 0.326 e. The van der Waals surface area contributed by atoms with E-state index in [4.69, 9.17) is 11.6 Å². The van der Waals surface area contributed by atoms with E-state index >= 15 is 0 Å². The van der Waals surface area contributed by atoms with Gasteiger partial charge in [0.15, 0.2) is 0 Å². The molecule has 2 N–H and O–H groups in total. The number of hydrogen-bond donors (Lipinski definition) is 2. The van der Waals surface area contributed by atoms with E-state index in [1.165, 1.54) is 5.56 Å². The summed E-state index contributed by atoms with van der Waals surface area (Å²) in [6.07, 6.45) is 4.86. The van der Waals surface area contributed by atoms with Gasteiger partial charge in [-0.1, -0.05) is 61.0 Å². The van der Waals surface area contributed by atoms with Crippen molar-refractivity contribution in [3.63, 3.8) is 0 Å². The van der Waals surface area contributed by atoms with Crippen LogP contribution in [0.4, 0.5) is 0 Å². The van der Waals surface area contributed by atoms with E-state index in [1.807, 2.05) is 51.9 Å². The number of imidazole rings is 1. The summed E-state index contributed by atoms with van der Waals surface area (Å²) in [6, 6.07) is 22.1. The molecule has 1 aliphatic heterocycles. The normalized spacial score (nSPS) is 15.4. The Morgan fingerprint density at radius 1 is 1.05 bits per heavy atom. The maximum absolute atomic E-state index is 13.7. The second-order valence-electron chi connectivity index (χ2n) is 10.2. The number of likely N-dealkylation sites (tertiary alicyclic amines) is 1. The van der Waals surface area contributed by atoms with Crippen LogP contribution in [-0.2, 0) is 11.2 Å². The predicted molar refractivity (Wildman–Crippen MR) is 153 cm³/mol. The lowest BCUT2D eigenvalue weighted by molar-refractivity contribution is -0.132. The maximum atomic E-state index is 13.7. The summed E-state index contributed by atoms with van der Waals surface area (Å²) in [7, 11) is 0. The van der Waals surface area contributed by atoms with Crippen LogP contribution >= 0.6 is 11.6 Å². The third-order valence-electron chi connectivity index (χ3n) is 8.03. The third kappa shape index (κ3) is 4.43. The largest absolute Gasteiger partial charge is 0.361 e. The number of aromatic amines is 2. The van der Waals surface area contributed by atoms with E-state index in [0.29, 0.717) is 24.5 Å². The summed E-state index contributed by atoms with van der Waals surface area (Å²) >= 11 is 6.39. The molecule has 6 nitrogen and oxygen atoms in total. The van der Waals surface area contributed by atoms with E-state index in [0.717, 1.165) is 52.3 Å². The summed E-state index contributed by atoms with van der Waals surface area (Å²) in [4.78, 5) is 34.8. The molecule has 2 aromatic heterocycles. The second-order valence-corrected chi connectivity index (χ2v) is 10.6. The fraction of sp³-hybridized carbons (Fsp3) is 0.290. The van der Waals surface area contributed by atoms with Gasteiger partial charge in [-0.3, -0.25) is 9.36 Å². The van der Waals surface area contributed by atoms with Gasteiger partial charge in [0.1, 0.15) is 0 Å². The van der Waals surface area contributed by atoms with Crippen LogP contribution in [0.15, 0.2) is 77.7 Å². The minimum atomic E-state index is -0.115. The molecule has 38 heavy (non-hydrogen) atoms. The molecule has 6 rings (SSSR count). The summed E-state index contributed by atoms with van der Waals surface area (Å²) < 4.78 is 1.86. The second kappa shape index (κ2) is 10.2. The van der Waals surface area contributed by atoms with Gasteiger partial charge in [0.2, 0.25) is 5.91 Å². The molecule has 0 bridgehead atoms. The highest BCUT2D eigenvalue weighted by molar-refractivity contribution is 6.30. The van der Waals surface area contributed by atoms with Crippen LogP contribution in [-0.4, -0.2) is 38.4 Å². The summed E-state index contributed by atoms with van der Waals surface area (Å²) in [6.45, 7) is 3.42. The number of amides is 1. The highest BCUT2D eigenvalue weighted by Crippen LogP contribution is 2.36. The molecular weight excluding hydrogens is 496 g/mol. The van der Waals surface area contributed by atoms with Crippen molar-refractivity contribution in [1.29, 1.82) is 0 Å². The topological polar surface area (TPSA) is 73.9 Å². The lowest BCUT2D eigenvalue weighted by Gasteiger charge is -2.33. The molecule has 1 unspecified atom stereocenters. The first-order valence-corrected chi connectivity index (χ1v) is 13.7. The predicted octanol–water partition coefficient (Wildman–Crippen LogP) is 6.41. The van der Waals surface area contributed by atoms with Crippen LogP contribution in [0.2, 0.25) is 5.02 Å². The molecular formula is C31H31ClN4O2. The smallest absolute Gasteiger partial charge is 0.326 e. The van der Waals surface area contributed by atoms with Gasteiger partial charge in [-0.05, 0) is 60.2 Å². The number of para-hydroxylation sites is 3. The molecule has 0 radical (unpaired) electrons. The highest BCUT2D eigenvalue weighted by atomic mass is 35.5. The fourth-order valence-electron chi connectivity index (χ4n) is 6.07. The minimum Gasteiger partial charge on any atom is -0.361 e. The van der Waals surface area contributed by atoms with Crippen LogP contribution in [0.25, 0.3) is 21.9 Å². The molecule has 1 fully saturated rings. The van der Waals surface area contributed by atoms with Crippen molar-refractivity contribution in [3.8, 4) is 0 Å². The molecule has 1 aliphatic rings. The van der Waals surface area contributed by atoms with Crippen molar-refractivity contribution in [1.82, 2.24) is 19.4 Å². The van der Waals surface area contributed by atoms with Gasteiger partial charge in [0.05, 0.1) is 11.0 Å². The number of piperidine rings is 1. The Balaban J connectivity index is 1.25. The molecule has 1 amide bonds. The van der Waals surface area contributed by atoms with Crippen molar-refractivity contribution in [2.24, 2.45) is 0 Å². The quantitative estimate of drug-likeness (QED) is 0.268. The Morgan fingerprint density at radius 3 is 2.63 bits per heavy atom. The van der Waals surface area contributed by atoms with Gasteiger partial charge >= 0.3 is 5.69 Å². The first-order chi connectivity index (χ1) is 18.5. The van der Waals surface area contributed by atoms with E-state index < -0.39 is 0 Å². The molecule has 0 aliphatic carbocycles. The number of carbonyl (C=O) groups is 1. The monoisotopic (exact) mass is 526 g/mol. The zero-order valence-electron chi connectivity index (χ0n) is 21.4. The van der Waals surface area contributed by atoms with Crippen LogP contribution in [0, 0.1) is 0 Å². The standard InChI is InChI=1S/C31H31ClN4O2/c1-2-20-7-6-10-24-26(19-33-30(20)24)25(21-8-5-9-22(32)17-21)18-29(37)35-15-13-23(14-16-35)36-28-12-4-3-11-27(28)34-31(36)38/h3-12,17,19,23,25,33H,2,13-16,18H2,1H3,(H,34,38). The molecule has 0 spiro atoms. The Kier molecular flexibility index (Phi) is 6.58. The number of aromatic nitrogens is 3. The van der Waals surface area contributed by atoms with Crippen molar-refractivity contribution in [2.45, 2.75) is 44.6 Å². The van der Waals surface area contributed by atoms with E-state index in [2.05, 4.69) is 47.4 Å². The number of H-pyrrole nitrogens is 2. The van der Waals surface area contributed by atoms with Crippen LogP contribution < -0.4 is 5.69 Å². The minimum absolute atomic E-state index is 0.0764. The van der Waals surface area contributed by atoms with Crippen molar-refractivity contribution in [3.05, 3.63) is 105 Å². The van der Waals surface area contributed by atoms with Gasteiger partial charge < -0.3 is 14.9 Å². The summed E-state index contributed by atoms with van der Waals surface area (Å²) in [5, 5.41) is 1.82. The number of benzene rings is 3. The molecule has 1 saturated heterocycles. The van der Waals surface area contributed by atoms with E-state index in [1.54, 1.807) is 0 Å². The number of aryl methyl sites for hydroxylation is 1. The van der Waals surface area contributed by atoms with E-state index in [-0.39, 0.29) is 23.6 Å². The SMILES string of the molecule is CCc1cccc2c(C(CC(=O)N3CCC(n4c(=O)[nH]c5ccccc54)CC3)c3cccc(Cl)c3)c[nH]c12. The molecule has 3 aromatic carbocycles. The van der Waals surface area contributed by atoms with Gasteiger partial charge in [-0.2, -0.15) is 0 Å². The number of fused-ring (bicyclic) bond motifs is 2. The number of halogens is 1. The number of rotatable bonds is 6. The Labute approximate surface area is 226 Å². The fourth-order valence-corrected chi connectivity index (χ4v) is 6.27. The van der Waals surface area contributed by atoms with Crippen LogP contribution in [0.1, 0.15) is 54.8 Å². The van der Waals surface area contributed by atoms with Gasteiger partial charge in [-0.15, -0.1) is 0 Å². The Morgan fingerprint density at radius 2 is 1.84 bits per heavy atom. The molecule has 5 aromatic rings. The van der Waals surface area contributed by atoms with Crippen molar-refractivity contribution >= 4 is 39.4 Å². The average Bonchev–Trinajstić information content (AvgIpc) is 3.52. The van der Waals surface area contributed by atoms with Crippen molar-refractivity contribution < 1.29 is 4.79 Å². The number of carbonyl (C=O) groups excluding carboxylic acids is 1. The Bertz CT molecular complexity index is 1670. The first-order valence-electron chi connectivity index (χ1n) is 13.3. The highest BCUT2D eigenvalue weighted by Gasteiger charge is 2.29. The van der Waals surface area contributed by atoms with Crippen LogP contribution in [0.5, 0.6) is 0 Å². The summed E-state index contributed by atoms with van der Waals surface area (Å²) in [5.74, 6) is 0.0108. The Hall–Kier alpha value is -3.77. The van der Waals surface area contributed by atoms with Gasteiger partial charge in [-0.25, -0.2) is 4.79 Å². The zero-order valence-corrected chi connectivity index (χ0v) is 22.2. The van der Waals surface area contributed by atoms with Gasteiger partial charge in [0, 0.05) is 53.6 Å². The zero-order chi connectivity index (χ0) is 26.2. The molecule has 1 atom stereocenters. The molecule has 0 saturated carbocycles. The van der Waals surface area contributed by atoms with Crippen molar-refractivity contribution in [2.75, 3.05) is 13.1 Å². The third-order valence-corrected chi connectivity index (χ3v) is 8.26. The lowest BCUT2D eigenvalue weighted by atomic mass is 9.87. The number of nitrogens with one attached hydrogen (secondary N) is 2. The van der Waals surface area contributed by atoms with Crippen LogP contribution in [0.3, 0.4) is 0 Å². The number of nitrogens with zero attached hydrogens (tertiary/aromatic N) is 2. The molecule has 194 valence electrons. The summed E-state index contributed by atoms with van der Waals surface area (Å²) in [5.41, 5.74) is 6.25. The van der Waals surface area contributed by atoms with E-state index in [9.17, 15) is 9.59 Å². The first kappa shape index (κ1) is 24.6. The average molecular weight is 527 g/mol. The molecule has 3 heterocycles. The molecule has 7 heteroatoms. The number of hydrogen-bond acceptors (Lipinski definition) is 2.